The van der Waals surface area contributed by atoms with Crippen LogP contribution in [0.3, 0.4) is 0 Å². The van der Waals surface area contributed by atoms with Crippen molar-refractivity contribution in [3.63, 3.8) is 0 Å². The van der Waals surface area contributed by atoms with Gasteiger partial charge in [0.1, 0.15) is 11.5 Å². The van der Waals surface area contributed by atoms with Gasteiger partial charge in [-0.3, -0.25) is 29.3 Å². The standard InChI is InChI=1S/C42H44ClF2N11O7S/c1-3-52(2)64(62,63)51-32-6-5-31(44)36(37(32)45)38(59)29-24-47-39-28(29)18-25(21-46-39)26-22-48-40(49-23-26)55-16-14-54(15-17-55)35(58)20-42(61)9-12-53(13-10-42)33-7-4-27(19-30(33)43)56-11-8-34(57)50-41(56)60/h4-7,18-19,21-24,51,61H,3,8-17,20H2,1-2H3,(H,46,47)(H,50,57,60). The van der Waals surface area contributed by atoms with Crippen molar-refractivity contribution in [1.29, 1.82) is 0 Å². The lowest BCUT2D eigenvalue weighted by atomic mass is 9.87. The fourth-order valence-electron chi connectivity index (χ4n) is 7.96. The summed E-state index contributed by atoms with van der Waals surface area (Å²) < 4.78 is 58.7. The minimum atomic E-state index is -4.17. The van der Waals surface area contributed by atoms with Crippen LogP contribution in [0.4, 0.5) is 36.6 Å². The molecule has 3 aromatic heterocycles. The maximum atomic E-state index is 15.6. The van der Waals surface area contributed by atoms with Crippen LogP contribution in [0.2, 0.25) is 5.02 Å². The van der Waals surface area contributed by atoms with Crippen molar-refractivity contribution in [2.45, 2.75) is 38.2 Å². The number of H-pyrrole nitrogens is 1. The predicted octanol–water partition coefficient (Wildman–Crippen LogP) is 4.31. The zero-order valence-electron chi connectivity index (χ0n) is 34.8. The maximum absolute atomic E-state index is 15.6. The molecule has 336 valence electrons. The first kappa shape index (κ1) is 44.3. The van der Waals surface area contributed by atoms with Crippen molar-refractivity contribution in [2.24, 2.45) is 0 Å². The molecule has 3 aliphatic heterocycles. The van der Waals surface area contributed by atoms with Crippen LogP contribution in [0.5, 0.6) is 0 Å². The first-order valence-electron chi connectivity index (χ1n) is 20.5. The zero-order chi connectivity index (χ0) is 45.5. The number of piperidine rings is 1. The number of aromatic amines is 1. The molecule has 8 rings (SSSR count). The van der Waals surface area contributed by atoms with E-state index in [0.29, 0.717) is 79.9 Å². The number of nitrogens with one attached hydrogen (secondary N) is 3. The van der Waals surface area contributed by atoms with Crippen molar-refractivity contribution < 1.29 is 41.5 Å². The van der Waals surface area contributed by atoms with Gasteiger partial charge in [-0.25, -0.2) is 28.5 Å². The summed E-state index contributed by atoms with van der Waals surface area (Å²) >= 11 is 6.64. The van der Waals surface area contributed by atoms with Crippen LogP contribution in [0.1, 0.15) is 48.5 Å². The summed E-state index contributed by atoms with van der Waals surface area (Å²) in [5, 5.41) is 14.5. The number of ketones is 1. The highest BCUT2D eigenvalue weighted by atomic mass is 35.5. The second-order valence-corrected chi connectivity index (χ2v) is 18.1. The van der Waals surface area contributed by atoms with Crippen LogP contribution < -0.4 is 24.7 Å². The van der Waals surface area contributed by atoms with Gasteiger partial charge in [-0.15, -0.1) is 0 Å². The van der Waals surface area contributed by atoms with Gasteiger partial charge in [-0.1, -0.05) is 18.5 Å². The number of rotatable bonds is 12. The molecule has 22 heteroatoms. The molecule has 5 aromatic rings. The Kier molecular flexibility index (Phi) is 12.3. The molecule has 3 aliphatic rings. The molecule has 3 fully saturated rings. The molecule has 2 aromatic carbocycles. The Morgan fingerprint density at radius 2 is 1.64 bits per heavy atom. The molecule has 3 saturated heterocycles. The smallest absolute Gasteiger partial charge is 0.328 e. The number of pyridine rings is 1. The summed E-state index contributed by atoms with van der Waals surface area (Å²) in [4.78, 5) is 74.4. The molecule has 4 amide bonds. The van der Waals surface area contributed by atoms with E-state index in [1.165, 1.54) is 24.3 Å². The highest BCUT2D eigenvalue weighted by Gasteiger charge is 2.37. The Hall–Kier alpha value is -6.29. The molecule has 18 nitrogen and oxygen atoms in total. The number of fused-ring (bicyclic) bond motifs is 1. The Morgan fingerprint density at radius 1 is 0.938 bits per heavy atom. The number of halogens is 3. The van der Waals surface area contributed by atoms with Crippen molar-refractivity contribution in [1.82, 2.24) is 34.5 Å². The monoisotopic (exact) mass is 919 g/mol. The summed E-state index contributed by atoms with van der Waals surface area (Å²) in [5.74, 6) is -3.60. The molecule has 6 heterocycles. The Bertz CT molecular complexity index is 2760. The second-order valence-electron chi connectivity index (χ2n) is 15.9. The number of hydrogen-bond acceptors (Lipinski definition) is 12. The minimum absolute atomic E-state index is 0.0248. The number of anilines is 4. The van der Waals surface area contributed by atoms with Gasteiger partial charge in [-0.05, 0) is 49.2 Å². The van der Waals surface area contributed by atoms with E-state index in [4.69, 9.17) is 11.6 Å². The van der Waals surface area contributed by atoms with Crippen LogP contribution >= 0.6 is 11.6 Å². The molecule has 0 atom stereocenters. The third kappa shape index (κ3) is 8.92. The number of nitrogens with zero attached hydrogens (tertiary/aromatic N) is 8. The molecule has 0 radical (unpaired) electrons. The summed E-state index contributed by atoms with van der Waals surface area (Å²) in [6.07, 6.45) is 6.86. The van der Waals surface area contributed by atoms with E-state index in [9.17, 15) is 32.7 Å². The number of aliphatic hydroxyl groups is 1. The van der Waals surface area contributed by atoms with E-state index >= 15 is 8.78 Å². The van der Waals surface area contributed by atoms with Gasteiger partial charge in [0.25, 0.3) is 0 Å². The van der Waals surface area contributed by atoms with Gasteiger partial charge >= 0.3 is 16.2 Å². The Labute approximate surface area is 371 Å². The average Bonchev–Trinajstić information content (AvgIpc) is 3.71. The fraction of sp³-hybridized carbons (Fsp3) is 0.357. The van der Waals surface area contributed by atoms with Gasteiger partial charge in [0.2, 0.25) is 23.5 Å². The lowest BCUT2D eigenvalue weighted by Crippen LogP contribution is -2.52. The van der Waals surface area contributed by atoms with Crippen LogP contribution in [0.15, 0.2) is 61.2 Å². The highest BCUT2D eigenvalue weighted by Crippen LogP contribution is 2.36. The second kappa shape index (κ2) is 17.7. The normalized spacial score (nSPS) is 17.0. The van der Waals surface area contributed by atoms with E-state index < -0.39 is 50.5 Å². The lowest BCUT2D eigenvalue weighted by molar-refractivity contribution is -0.137. The van der Waals surface area contributed by atoms with E-state index in [-0.39, 0.29) is 54.3 Å². The van der Waals surface area contributed by atoms with Gasteiger partial charge in [-0.2, -0.15) is 12.7 Å². The van der Waals surface area contributed by atoms with Gasteiger partial charge in [0.15, 0.2) is 5.82 Å². The number of amides is 4. The molecule has 4 N–H and O–H groups in total. The predicted molar refractivity (Wildman–Crippen MR) is 235 cm³/mol. The Balaban J connectivity index is 0.862. The molecule has 0 unspecified atom stereocenters. The van der Waals surface area contributed by atoms with Crippen molar-refractivity contribution >= 4 is 79.5 Å². The molecule has 0 aliphatic carbocycles. The van der Waals surface area contributed by atoms with Crippen LogP contribution in [0.25, 0.3) is 22.2 Å². The largest absolute Gasteiger partial charge is 0.389 e. The van der Waals surface area contributed by atoms with Crippen molar-refractivity contribution in [2.75, 3.05) is 78.8 Å². The van der Waals surface area contributed by atoms with E-state index in [1.54, 1.807) is 42.4 Å². The summed E-state index contributed by atoms with van der Waals surface area (Å²) in [6.45, 7) is 4.56. The molecular formula is C42H44ClF2N11O7S. The third-order valence-electron chi connectivity index (χ3n) is 11.9. The number of piperazine rings is 1. The number of imide groups is 1. The first-order valence-corrected chi connectivity index (χ1v) is 22.3. The number of urea groups is 1. The lowest BCUT2D eigenvalue weighted by Gasteiger charge is -2.41. The fourth-order valence-corrected chi connectivity index (χ4v) is 9.19. The first-order chi connectivity index (χ1) is 30.5. The summed E-state index contributed by atoms with van der Waals surface area (Å²) in [6, 6.07) is 8.11. The van der Waals surface area contributed by atoms with E-state index in [2.05, 4.69) is 30.0 Å². The number of carbonyl (C=O) groups is 4. The molecule has 64 heavy (non-hydrogen) atoms. The van der Waals surface area contributed by atoms with Crippen LogP contribution in [0, 0.1) is 11.6 Å². The SMILES string of the molecule is CCN(C)S(=O)(=O)Nc1ccc(F)c(C(=O)c2c[nH]c3ncc(-c4cnc(N5CCN(C(=O)CC6(O)CCN(c7ccc(N8CCC(=O)NC8=O)cc7Cl)CC6)CC5)nc4)cc23)c1F. The topological polar surface area (TPSA) is 217 Å². The van der Waals surface area contributed by atoms with Crippen LogP contribution in [-0.4, -0.2) is 131 Å². The average molecular weight is 920 g/mol. The maximum Gasteiger partial charge on any atom is 0.328 e. The third-order valence-corrected chi connectivity index (χ3v) is 13.7. The molecule has 0 spiro atoms. The molecule has 0 saturated carbocycles. The van der Waals surface area contributed by atoms with Gasteiger partial charge in [0, 0.05) is 118 Å². The number of carbonyl (C=O) groups excluding carboxylic acids is 4. The zero-order valence-corrected chi connectivity index (χ0v) is 36.3. The Morgan fingerprint density at radius 3 is 2.31 bits per heavy atom. The quantitative estimate of drug-likeness (QED) is 0.129. The van der Waals surface area contributed by atoms with Gasteiger partial charge in [0.05, 0.1) is 34.0 Å². The highest BCUT2D eigenvalue weighted by molar-refractivity contribution is 7.90. The minimum Gasteiger partial charge on any atom is -0.389 e. The number of hydrogen-bond donors (Lipinski definition) is 4. The van der Waals surface area contributed by atoms with E-state index in [1.807, 2.05) is 15.9 Å². The number of benzene rings is 2. The number of aromatic nitrogens is 4. The molecule has 0 bridgehead atoms. The van der Waals surface area contributed by atoms with E-state index in [0.717, 1.165) is 22.1 Å². The molecular weight excluding hydrogens is 876 g/mol. The van der Waals surface area contributed by atoms with Crippen molar-refractivity contribution in [3.05, 3.63) is 89.0 Å². The van der Waals surface area contributed by atoms with Gasteiger partial charge < -0.3 is 24.8 Å². The van der Waals surface area contributed by atoms with Crippen molar-refractivity contribution in [3.8, 4) is 11.1 Å². The summed E-state index contributed by atoms with van der Waals surface area (Å²) in [5.41, 5.74) is -0.136. The van der Waals surface area contributed by atoms with Crippen LogP contribution in [-0.2, 0) is 19.8 Å². The summed E-state index contributed by atoms with van der Waals surface area (Å²) in [7, 11) is -2.88.